The molecule has 1 heterocycles. The molecule has 0 saturated heterocycles. The number of ether oxygens (including phenoxy) is 1. The maximum atomic E-state index is 13.7. The summed E-state index contributed by atoms with van der Waals surface area (Å²) in [6.07, 6.45) is 4.89. The highest BCUT2D eigenvalue weighted by Crippen LogP contribution is 2.31. The van der Waals surface area contributed by atoms with E-state index >= 15 is 0 Å². The standard InChI is InChI=1S/C25H27FN4O3/c1-5-25(2,3)29-23(31)22(17-6-8-18(26)9-7-17)30(19-10-12-20(33-4)13-11-19)24(32)21-16-27-14-15-28-21/h6-16,22H,5H2,1-4H3,(H,29,31)/t22-/m1/s1. The zero-order chi connectivity index (χ0) is 24.0. The summed E-state index contributed by atoms with van der Waals surface area (Å²) in [5, 5.41) is 3.01. The topological polar surface area (TPSA) is 84.4 Å². The van der Waals surface area contributed by atoms with Crippen molar-refractivity contribution in [1.82, 2.24) is 15.3 Å². The molecular formula is C25H27FN4O3. The van der Waals surface area contributed by atoms with Crippen LogP contribution in [-0.4, -0.2) is 34.4 Å². The van der Waals surface area contributed by atoms with Crippen molar-refractivity contribution in [3.05, 3.63) is 84.2 Å². The first kappa shape index (κ1) is 23.8. The van der Waals surface area contributed by atoms with Crippen LogP contribution in [0.5, 0.6) is 5.75 Å². The van der Waals surface area contributed by atoms with E-state index in [1.807, 2.05) is 20.8 Å². The summed E-state index contributed by atoms with van der Waals surface area (Å²) in [7, 11) is 1.54. The van der Waals surface area contributed by atoms with E-state index in [0.717, 1.165) is 0 Å². The molecule has 0 bridgehead atoms. The number of amides is 2. The number of carbonyl (C=O) groups excluding carboxylic acids is 2. The number of hydrogen-bond acceptors (Lipinski definition) is 5. The summed E-state index contributed by atoms with van der Waals surface area (Å²) in [4.78, 5) is 36.7. The zero-order valence-electron chi connectivity index (χ0n) is 19.1. The highest BCUT2D eigenvalue weighted by molar-refractivity contribution is 6.09. The minimum atomic E-state index is -1.08. The van der Waals surface area contributed by atoms with E-state index in [9.17, 15) is 14.0 Å². The Balaban J connectivity index is 2.17. The Morgan fingerprint density at radius 3 is 2.30 bits per heavy atom. The van der Waals surface area contributed by atoms with Crippen molar-refractivity contribution in [3.63, 3.8) is 0 Å². The number of hydrogen-bond donors (Lipinski definition) is 1. The Morgan fingerprint density at radius 2 is 1.76 bits per heavy atom. The molecule has 3 rings (SSSR count). The van der Waals surface area contributed by atoms with Gasteiger partial charge in [-0.2, -0.15) is 0 Å². The number of aromatic nitrogens is 2. The summed E-state index contributed by atoms with van der Waals surface area (Å²) in [6.45, 7) is 5.75. The van der Waals surface area contributed by atoms with Crippen molar-refractivity contribution in [2.75, 3.05) is 12.0 Å². The lowest BCUT2D eigenvalue weighted by atomic mass is 9.98. The molecule has 7 nitrogen and oxygen atoms in total. The van der Waals surface area contributed by atoms with Crippen LogP contribution in [0, 0.1) is 5.82 Å². The molecule has 0 radical (unpaired) electrons. The summed E-state index contributed by atoms with van der Waals surface area (Å²) in [5.74, 6) is -0.767. The molecule has 0 unspecified atom stereocenters. The summed E-state index contributed by atoms with van der Waals surface area (Å²) in [5.41, 5.74) is 0.457. The van der Waals surface area contributed by atoms with Gasteiger partial charge >= 0.3 is 0 Å². The van der Waals surface area contributed by atoms with E-state index in [0.29, 0.717) is 23.4 Å². The lowest BCUT2D eigenvalue weighted by molar-refractivity contribution is -0.124. The molecule has 1 aromatic heterocycles. The molecule has 33 heavy (non-hydrogen) atoms. The Morgan fingerprint density at radius 1 is 1.09 bits per heavy atom. The average molecular weight is 451 g/mol. The van der Waals surface area contributed by atoms with E-state index < -0.39 is 29.2 Å². The molecule has 1 N–H and O–H groups in total. The molecule has 0 fully saturated rings. The van der Waals surface area contributed by atoms with Crippen molar-refractivity contribution in [1.29, 1.82) is 0 Å². The number of rotatable bonds is 8. The number of nitrogens with one attached hydrogen (secondary N) is 1. The molecule has 2 aromatic carbocycles. The van der Waals surface area contributed by atoms with Gasteiger partial charge in [0.15, 0.2) is 0 Å². The Bertz CT molecular complexity index is 1090. The summed E-state index contributed by atoms with van der Waals surface area (Å²) >= 11 is 0. The highest BCUT2D eigenvalue weighted by Gasteiger charge is 2.36. The van der Waals surface area contributed by atoms with Gasteiger partial charge in [0, 0.05) is 23.6 Å². The van der Waals surface area contributed by atoms with Crippen LogP contribution in [-0.2, 0) is 4.79 Å². The molecule has 0 aliphatic heterocycles. The summed E-state index contributed by atoms with van der Waals surface area (Å²) < 4.78 is 18.9. The SMILES string of the molecule is CCC(C)(C)NC(=O)[C@@H](c1ccc(F)cc1)N(C(=O)c1cnccn1)c1ccc(OC)cc1. The van der Waals surface area contributed by atoms with Gasteiger partial charge in [0.1, 0.15) is 23.3 Å². The highest BCUT2D eigenvalue weighted by atomic mass is 19.1. The van der Waals surface area contributed by atoms with Crippen LogP contribution in [0.4, 0.5) is 10.1 Å². The average Bonchev–Trinajstić information content (AvgIpc) is 2.83. The first-order chi connectivity index (χ1) is 15.8. The Kier molecular flexibility index (Phi) is 7.37. The van der Waals surface area contributed by atoms with E-state index in [4.69, 9.17) is 4.74 Å². The molecule has 3 aromatic rings. The van der Waals surface area contributed by atoms with Gasteiger partial charge in [0.05, 0.1) is 13.3 Å². The third-order valence-electron chi connectivity index (χ3n) is 5.39. The van der Waals surface area contributed by atoms with Gasteiger partial charge in [-0.05, 0) is 62.2 Å². The number of nitrogens with zero attached hydrogens (tertiary/aromatic N) is 3. The third kappa shape index (κ3) is 5.71. The van der Waals surface area contributed by atoms with Crippen molar-refractivity contribution >= 4 is 17.5 Å². The molecule has 172 valence electrons. The number of benzene rings is 2. The Labute approximate surface area is 192 Å². The number of halogens is 1. The first-order valence-electron chi connectivity index (χ1n) is 10.6. The second kappa shape index (κ2) is 10.2. The van der Waals surface area contributed by atoms with Crippen LogP contribution in [0.3, 0.4) is 0 Å². The maximum absolute atomic E-state index is 13.7. The van der Waals surface area contributed by atoms with Crippen molar-refractivity contribution in [3.8, 4) is 5.75 Å². The lowest BCUT2D eigenvalue weighted by Crippen LogP contribution is -2.50. The van der Waals surface area contributed by atoms with Crippen LogP contribution in [0.2, 0.25) is 0 Å². The summed E-state index contributed by atoms with van der Waals surface area (Å²) in [6, 6.07) is 11.2. The van der Waals surface area contributed by atoms with Crippen LogP contribution < -0.4 is 15.0 Å². The fourth-order valence-electron chi connectivity index (χ4n) is 3.21. The molecule has 8 heteroatoms. The van der Waals surface area contributed by atoms with E-state index in [1.54, 1.807) is 31.4 Å². The predicted molar refractivity (Wildman–Crippen MR) is 123 cm³/mol. The van der Waals surface area contributed by atoms with Gasteiger partial charge in [-0.25, -0.2) is 9.37 Å². The normalized spacial score (nSPS) is 12.0. The third-order valence-corrected chi connectivity index (χ3v) is 5.39. The van der Waals surface area contributed by atoms with E-state index in [2.05, 4.69) is 15.3 Å². The molecule has 0 aliphatic carbocycles. The molecule has 0 saturated carbocycles. The minimum Gasteiger partial charge on any atom is -0.497 e. The fraction of sp³-hybridized carbons (Fsp3) is 0.280. The quantitative estimate of drug-likeness (QED) is 0.553. The van der Waals surface area contributed by atoms with Gasteiger partial charge in [-0.3, -0.25) is 19.5 Å². The monoisotopic (exact) mass is 450 g/mol. The maximum Gasteiger partial charge on any atom is 0.279 e. The smallest absolute Gasteiger partial charge is 0.279 e. The fourth-order valence-corrected chi connectivity index (χ4v) is 3.21. The number of carbonyl (C=O) groups is 2. The van der Waals surface area contributed by atoms with E-state index in [-0.39, 0.29) is 5.69 Å². The Hall–Kier alpha value is -3.81. The second-order valence-electron chi connectivity index (χ2n) is 8.14. The predicted octanol–water partition coefficient (Wildman–Crippen LogP) is 4.32. The number of anilines is 1. The lowest BCUT2D eigenvalue weighted by Gasteiger charge is -2.34. The van der Waals surface area contributed by atoms with Gasteiger partial charge in [0.2, 0.25) is 5.91 Å². The molecule has 1 atom stereocenters. The largest absolute Gasteiger partial charge is 0.497 e. The number of methoxy groups -OCH3 is 1. The van der Waals surface area contributed by atoms with E-state index in [1.165, 1.54) is 47.8 Å². The van der Waals surface area contributed by atoms with Gasteiger partial charge < -0.3 is 10.1 Å². The van der Waals surface area contributed by atoms with Gasteiger partial charge in [-0.15, -0.1) is 0 Å². The van der Waals surface area contributed by atoms with Crippen LogP contribution in [0.25, 0.3) is 0 Å². The van der Waals surface area contributed by atoms with Crippen molar-refractivity contribution in [2.24, 2.45) is 0 Å². The molecular weight excluding hydrogens is 423 g/mol. The first-order valence-corrected chi connectivity index (χ1v) is 10.6. The van der Waals surface area contributed by atoms with Crippen LogP contribution in [0.15, 0.2) is 67.1 Å². The van der Waals surface area contributed by atoms with Crippen molar-refractivity contribution < 1.29 is 18.7 Å². The molecule has 0 aliphatic rings. The van der Waals surface area contributed by atoms with Crippen molar-refractivity contribution in [2.45, 2.75) is 38.8 Å². The van der Waals surface area contributed by atoms with Gasteiger partial charge in [0.25, 0.3) is 5.91 Å². The zero-order valence-corrected chi connectivity index (χ0v) is 19.1. The minimum absolute atomic E-state index is 0.0722. The molecule has 2 amide bonds. The molecule has 0 spiro atoms. The van der Waals surface area contributed by atoms with Crippen LogP contribution >= 0.6 is 0 Å². The second-order valence-corrected chi connectivity index (χ2v) is 8.14. The van der Waals surface area contributed by atoms with Crippen LogP contribution in [0.1, 0.15) is 49.3 Å². The van der Waals surface area contributed by atoms with Gasteiger partial charge in [-0.1, -0.05) is 19.1 Å².